The van der Waals surface area contributed by atoms with Crippen LogP contribution in [0, 0.1) is 13.7 Å². The molecule has 1 aromatic heterocycles. The fourth-order valence-corrected chi connectivity index (χ4v) is 2.22. The Hall–Kier alpha value is -1.48. The number of methoxy groups -OCH3 is 1. The molecule has 0 aliphatic carbocycles. The number of nitro groups is 1. The van der Waals surface area contributed by atoms with Gasteiger partial charge in [-0.3, -0.25) is 10.1 Å². The van der Waals surface area contributed by atoms with Crippen LogP contribution in [0.4, 0.5) is 5.69 Å². The van der Waals surface area contributed by atoms with Gasteiger partial charge in [0.2, 0.25) is 0 Å². The highest BCUT2D eigenvalue weighted by Crippen LogP contribution is 2.23. The Morgan fingerprint density at radius 1 is 1.56 bits per heavy atom. The highest BCUT2D eigenvalue weighted by atomic mass is 127. The lowest BCUT2D eigenvalue weighted by atomic mass is 10.3. The van der Waals surface area contributed by atoms with E-state index in [1.165, 1.54) is 6.07 Å². The van der Waals surface area contributed by atoms with Crippen molar-refractivity contribution in [1.29, 1.82) is 0 Å². The van der Waals surface area contributed by atoms with Gasteiger partial charge < -0.3 is 4.74 Å². The molecule has 0 N–H and O–H groups in total. The van der Waals surface area contributed by atoms with Crippen LogP contribution >= 0.6 is 22.6 Å². The fraction of sp³-hybridized carbons (Fsp3) is 0.182. The van der Waals surface area contributed by atoms with E-state index in [4.69, 9.17) is 4.74 Å². The zero-order chi connectivity index (χ0) is 13.1. The second-order valence-corrected chi connectivity index (χ2v) is 4.78. The molecule has 0 aliphatic heterocycles. The van der Waals surface area contributed by atoms with E-state index in [-0.39, 0.29) is 5.69 Å². The molecule has 94 valence electrons. The maximum atomic E-state index is 10.7. The summed E-state index contributed by atoms with van der Waals surface area (Å²) in [5, 5.41) is 14.9. The molecule has 7 heteroatoms. The van der Waals surface area contributed by atoms with E-state index < -0.39 is 4.92 Å². The normalized spacial score (nSPS) is 10.6. The monoisotopic (exact) mass is 359 g/mol. The van der Waals surface area contributed by atoms with Crippen molar-refractivity contribution in [1.82, 2.24) is 9.78 Å². The van der Waals surface area contributed by atoms with Crippen molar-refractivity contribution in [2.24, 2.45) is 0 Å². The van der Waals surface area contributed by atoms with Crippen LogP contribution in [0.15, 0.2) is 30.6 Å². The predicted molar refractivity (Wildman–Crippen MR) is 73.6 cm³/mol. The average Bonchev–Trinajstić information content (AvgIpc) is 2.77. The van der Waals surface area contributed by atoms with E-state index in [1.54, 1.807) is 30.1 Å². The van der Waals surface area contributed by atoms with Crippen LogP contribution in [-0.2, 0) is 11.3 Å². The third-order valence-electron chi connectivity index (χ3n) is 2.34. The number of rotatable bonds is 4. The first-order valence-electron chi connectivity index (χ1n) is 5.08. The Kier molecular flexibility index (Phi) is 3.92. The number of hydrogen-bond acceptors (Lipinski definition) is 4. The van der Waals surface area contributed by atoms with Crippen molar-refractivity contribution in [3.05, 3.63) is 49.8 Å². The quantitative estimate of drug-likeness (QED) is 0.478. The largest absolute Gasteiger partial charge is 0.380 e. The van der Waals surface area contributed by atoms with Crippen LogP contribution in [0.2, 0.25) is 0 Å². The molecule has 6 nitrogen and oxygen atoms in total. The lowest BCUT2D eigenvalue weighted by Gasteiger charge is -2.02. The number of halogens is 1. The second kappa shape index (κ2) is 5.44. The van der Waals surface area contributed by atoms with Crippen LogP contribution in [0.1, 0.15) is 5.56 Å². The van der Waals surface area contributed by atoms with E-state index in [1.807, 2.05) is 28.8 Å². The first kappa shape index (κ1) is 13.0. The van der Waals surface area contributed by atoms with Crippen LogP contribution in [0.5, 0.6) is 0 Å². The van der Waals surface area contributed by atoms with E-state index in [2.05, 4.69) is 5.10 Å². The third-order valence-corrected chi connectivity index (χ3v) is 3.20. The Balaban J connectivity index is 2.33. The SMILES string of the molecule is COCc1cnn(-c2ccc([N+](=O)[O-])c(I)c2)c1. The van der Waals surface area contributed by atoms with Crippen molar-refractivity contribution in [3.8, 4) is 5.69 Å². The van der Waals surface area contributed by atoms with Crippen LogP contribution in [0.25, 0.3) is 5.69 Å². The van der Waals surface area contributed by atoms with Gasteiger partial charge in [-0.1, -0.05) is 0 Å². The molecule has 2 rings (SSSR count). The van der Waals surface area contributed by atoms with Crippen LogP contribution in [0.3, 0.4) is 0 Å². The van der Waals surface area contributed by atoms with Gasteiger partial charge in [0, 0.05) is 24.9 Å². The van der Waals surface area contributed by atoms with E-state index in [0.717, 1.165) is 11.3 Å². The van der Waals surface area contributed by atoms with Crippen molar-refractivity contribution >= 4 is 28.3 Å². The van der Waals surface area contributed by atoms with E-state index >= 15 is 0 Å². The number of aromatic nitrogens is 2. The number of nitro benzene ring substituents is 1. The fourth-order valence-electron chi connectivity index (χ4n) is 1.53. The molecule has 2 aromatic rings. The first-order valence-corrected chi connectivity index (χ1v) is 6.16. The van der Waals surface area contributed by atoms with Gasteiger partial charge in [-0.2, -0.15) is 5.10 Å². The summed E-state index contributed by atoms with van der Waals surface area (Å²) in [4.78, 5) is 10.3. The molecular formula is C11H10IN3O3. The van der Waals surface area contributed by atoms with Gasteiger partial charge in [0.15, 0.2) is 0 Å². The zero-order valence-corrected chi connectivity index (χ0v) is 11.7. The maximum absolute atomic E-state index is 10.7. The zero-order valence-electron chi connectivity index (χ0n) is 9.54. The minimum atomic E-state index is -0.398. The lowest BCUT2D eigenvalue weighted by molar-refractivity contribution is -0.385. The van der Waals surface area contributed by atoms with Crippen molar-refractivity contribution in [3.63, 3.8) is 0 Å². The number of benzene rings is 1. The summed E-state index contributed by atoms with van der Waals surface area (Å²) in [6, 6.07) is 4.88. The number of nitrogens with zero attached hydrogens (tertiary/aromatic N) is 3. The molecule has 0 fully saturated rings. The van der Waals surface area contributed by atoms with Crippen molar-refractivity contribution < 1.29 is 9.66 Å². The standard InChI is InChI=1S/C11H10IN3O3/c1-18-7-8-5-13-14(6-8)9-2-3-11(15(16)17)10(12)4-9/h2-6H,7H2,1H3. The predicted octanol–water partition coefficient (Wildman–Crippen LogP) is 2.53. The summed E-state index contributed by atoms with van der Waals surface area (Å²) in [5.74, 6) is 0. The second-order valence-electron chi connectivity index (χ2n) is 3.62. The Morgan fingerprint density at radius 3 is 2.94 bits per heavy atom. The lowest BCUT2D eigenvalue weighted by Crippen LogP contribution is -1.97. The van der Waals surface area contributed by atoms with Crippen LogP contribution in [-0.4, -0.2) is 21.8 Å². The summed E-state index contributed by atoms with van der Waals surface area (Å²) in [5.41, 5.74) is 1.84. The van der Waals surface area contributed by atoms with E-state index in [0.29, 0.717) is 10.2 Å². The Labute approximate surface area is 117 Å². The number of ether oxygens (including phenoxy) is 1. The molecule has 0 atom stereocenters. The topological polar surface area (TPSA) is 70.2 Å². The molecule has 0 aliphatic rings. The van der Waals surface area contributed by atoms with Gasteiger partial charge in [0.1, 0.15) is 0 Å². The molecule has 1 heterocycles. The molecule has 0 saturated carbocycles. The average molecular weight is 359 g/mol. The smallest absolute Gasteiger partial charge is 0.282 e. The summed E-state index contributed by atoms with van der Waals surface area (Å²) in [6.45, 7) is 0.490. The Bertz CT molecular complexity index is 583. The van der Waals surface area contributed by atoms with Gasteiger partial charge in [-0.25, -0.2) is 4.68 Å². The minimum Gasteiger partial charge on any atom is -0.380 e. The molecule has 0 amide bonds. The molecule has 18 heavy (non-hydrogen) atoms. The van der Waals surface area contributed by atoms with Gasteiger partial charge in [0.05, 0.1) is 27.0 Å². The number of hydrogen-bond donors (Lipinski definition) is 0. The maximum Gasteiger partial charge on any atom is 0.282 e. The Morgan fingerprint density at radius 2 is 2.33 bits per heavy atom. The van der Waals surface area contributed by atoms with Gasteiger partial charge in [-0.15, -0.1) is 0 Å². The summed E-state index contributed by atoms with van der Waals surface area (Å²) in [6.07, 6.45) is 3.54. The van der Waals surface area contributed by atoms with Crippen molar-refractivity contribution in [2.45, 2.75) is 6.61 Å². The highest BCUT2D eigenvalue weighted by Gasteiger charge is 2.12. The summed E-state index contributed by atoms with van der Waals surface area (Å²) >= 11 is 1.94. The van der Waals surface area contributed by atoms with Gasteiger partial charge in [0.25, 0.3) is 5.69 Å². The molecule has 0 unspecified atom stereocenters. The summed E-state index contributed by atoms with van der Waals surface area (Å²) in [7, 11) is 1.62. The highest BCUT2D eigenvalue weighted by molar-refractivity contribution is 14.1. The third kappa shape index (κ3) is 2.67. The van der Waals surface area contributed by atoms with Gasteiger partial charge >= 0.3 is 0 Å². The van der Waals surface area contributed by atoms with E-state index in [9.17, 15) is 10.1 Å². The van der Waals surface area contributed by atoms with Gasteiger partial charge in [-0.05, 0) is 34.7 Å². The summed E-state index contributed by atoms with van der Waals surface area (Å²) < 4.78 is 7.26. The minimum absolute atomic E-state index is 0.101. The van der Waals surface area contributed by atoms with Crippen LogP contribution < -0.4 is 0 Å². The molecule has 0 spiro atoms. The first-order chi connectivity index (χ1) is 8.61. The molecule has 0 radical (unpaired) electrons. The molecule has 1 aromatic carbocycles. The molecule has 0 saturated heterocycles. The van der Waals surface area contributed by atoms with Crippen molar-refractivity contribution in [2.75, 3.05) is 7.11 Å². The molecule has 0 bridgehead atoms. The molecular weight excluding hydrogens is 349 g/mol.